The van der Waals surface area contributed by atoms with Gasteiger partial charge >= 0.3 is 0 Å². The number of benzene rings is 1. The van der Waals surface area contributed by atoms with Crippen molar-refractivity contribution in [3.8, 4) is 5.69 Å². The molecular weight excluding hydrogens is 481 g/mol. The van der Waals surface area contributed by atoms with Crippen LogP contribution in [0.4, 0.5) is 16.0 Å². The topological polar surface area (TPSA) is 80.9 Å². The molecule has 8 nitrogen and oxygen atoms in total. The SMILES string of the molecule is CC(C)n1c(=O)c2cnc(Nc3cc(F)c4c(c3)CCC(N(C)C)C4)nc2n1-c1ccnc(C(C)(C)C)c1. The Labute approximate surface area is 222 Å². The van der Waals surface area contributed by atoms with Crippen LogP contribution in [0, 0.1) is 5.82 Å². The summed E-state index contributed by atoms with van der Waals surface area (Å²) in [6, 6.07) is 7.60. The van der Waals surface area contributed by atoms with Crippen molar-refractivity contribution in [3.05, 3.63) is 69.7 Å². The average molecular weight is 518 g/mol. The Hall–Kier alpha value is -3.59. The van der Waals surface area contributed by atoms with Gasteiger partial charge in [-0.15, -0.1) is 0 Å². The van der Waals surface area contributed by atoms with E-state index in [0.717, 1.165) is 35.3 Å². The number of halogens is 1. The van der Waals surface area contributed by atoms with Crippen molar-refractivity contribution in [2.75, 3.05) is 19.4 Å². The van der Waals surface area contributed by atoms with Gasteiger partial charge in [-0.05, 0) is 82.6 Å². The first-order chi connectivity index (χ1) is 17.9. The fourth-order valence-electron chi connectivity index (χ4n) is 5.18. The van der Waals surface area contributed by atoms with Crippen LogP contribution in [-0.2, 0) is 18.3 Å². The molecule has 0 bridgehead atoms. The quantitative estimate of drug-likeness (QED) is 0.394. The second kappa shape index (κ2) is 9.62. The highest BCUT2D eigenvalue weighted by Gasteiger charge is 2.25. The number of hydrogen-bond donors (Lipinski definition) is 1. The maximum atomic E-state index is 15.1. The van der Waals surface area contributed by atoms with Crippen molar-refractivity contribution in [1.29, 1.82) is 0 Å². The Balaban J connectivity index is 1.58. The summed E-state index contributed by atoms with van der Waals surface area (Å²) in [7, 11) is 4.08. The van der Waals surface area contributed by atoms with E-state index >= 15 is 4.39 Å². The van der Waals surface area contributed by atoms with E-state index < -0.39 is 0 Å². The summed E-state index contributed by atoms with van der Waals surface area (Å²) in [5.74, 6) is 0.0885. The smallest absolute Gasteiger partial charge is 0.278 e. The Kier molecular flexibility index (Phi) is 6.59. The summed E-state index contributed by atoms with van der Waals surface area (Å²) in [5, 5.41) is 3.60. The van der Waals surface area contributed by atoms with Gasteiger partial charge < -0.3 is 10.2 Å². The van der Waals surface area contributed by atoms with E-state index in [1.165, 1.54) is 6.07 Å². The molecule has 0 spiro atoms. The van der Waals surface area contributed by atoms with Crippen LogP contribution in [0.25, 0.3) is 16.7 Å². The molecule has 0 amide bonds. The van der Waals surface area contributed by atoms with Gasteiger partial charge in [0.2, 0.25) is 5.95 Å². The van der Waals surface area contributed by atoms with Crippen molar-refractivity contribution < 1.29 is 4.39 Å². The van der Waals surface area contributed by atoms with Crippen LogP contribution in [0.3, 0.4) is 0 Å². The monoisotopic (exact) mass is 517 g/mol. The largest absolute Gasteiger partial charge is 0.324 e. The molecular formula is C29H36FN7O. The molecule has 3 aromatic heterocycles. The molecule has 5 rings (SSSR count). The van der Waals surface area contributed by atoms with Crippen molar-refractivity contribution >= 4 is 22.7 Å². The van der Waals surface area contributed by atoms with Crippen molar-refractivity contribution in [3.63, 3.8) is 0 Å². The van der Waals surface area contributed by atoms with E-state index in [-0.39, 0.29) is 22.8 Å². The Morgan fingerprint density at radius 2 is 1.92 bits per heavy atom. The molecule has 38 heavy (non-hydrogen) atoms. The molecule has 1 atom stereocenters. The molecule has 0 radical (unpaired) electrons. The third kappa shape index (κ3) is 4.71. The van der Waals surface area contributed by atoms with Crippen molar-refractivity contribution in [1.82, 2.24) is 29.2 Å². The van der Waals surface area contributed by atoms with Crippen LogP contribution < -0.4 is 10.9 Å². The highest BCUT2D eigenvalue weighted by Crippen LogP contribution is 2.30. The zero-order chi connectivity index (χ0) is 27.4. The van der Waals surface area contributed by atoms with E-state index in [9.17, 15) is 4.79 Å². The maximum absolute atomic E-state index is 15.1. The molecule has 1 aliphatic rings. The number of aryl methyl sites for hydroxylation is 1. The number of pyridine rings is 1. The summed E-state index contributed by atoms with van der Waals surface area (Å²) in [5.41, 5.74) is 4.27. The summed E-state index contributed by atoms with van der Waals surface area (Å²) in [6.45, 7) is 10.2. The lowest BCUT2D eigenvalue weighted by Gasteiger charge is -2.30. The van der Waals surface area contributed by atoms with E-state index in [4.69, 9.17) is 4.98 Å². The van der Waals surface area contributed by atoms with Gasteiger partial charge in [0, 0.05) is 41.3 Å². The third-order valence-corrected chi connectivity index (χ3v) is 7.33. The summed E-state index contributed by atoms with van der Waals surface area (Å²) in [6.07, 6.45) is 5.81. The van der Waals surface area contributed by atoms with E-state index in [1.54, 1.807) is 17.1 Å². The minimum Gasteiger partial charge on any atom is -0.324 e. The first-order valence-corrected chi connectivity index (χ1v) is 13.2. The minimum absolute atomic E-state index is 0.111. The molecule has 0 fully saturated rings. The van der Waals surface area contributed by atoms with Crippen LogP contribution in [0.15, 0.2) is 41.5 Å². The molecule has 3 heterocycles. The minimum atomic E-state index is -0.216. The normalized spacial score (nSPS) is 15.9. The van der Waals surface area contributed by atoms with Crippen LogP contribution in [-0.4, -0.2) is 49.4 Å². The molecule has 0 aliphatic heterocycles. The molecule has 1 aliphatic carbocycles. The van der Waals surface area contributed by atoms with Crippen molar-refractivity contribution in [2.24, 2.45) is 0 Å². The Morgan fingerprint density at radius 3 is 2.61 bits per heavy atom. The predicted octanol–water partition coefficient (Wildman–Crippen LogP) is 5.16. The first kappa shape index (κ1) is 26.0. The Bertz CT molecular complexity index is 1560. The number of anilines is 2. The number of nitrogens with one attached hydrogen (secondary N) is 1. The number of fused-ring (bicyclic) bond motifs is 2. The van der Waals surface area contributed by atoms with Gasteiger partial charge in [-0.25, -0.2) is 18.7 Å². The highest BCUT2D eigenvalue weighted by molar-refractivity contribution is 5.77. The second-order valence-corrected chi connectivity index (χ2v) is 11.7. The maximum Gasteiger partial charge on any atom is 0.278 e. The number of rotatable bonds is 5. The fraction of sp³-hybridized carbons (Fsp3) is 0.448. The number of hydrogen-bond acceptors (Lipinski definition) is 6. The molecule has 0 saturated heterocycles. The highest BCUT2D eigenvalue weighted by atomic mass is 19.1. The van der Waals surface area contributed by atoms with Gasteiger partial charge in [-0.1, -0.05) is 20.8 Å². The molecule has 9 heteroatoms. The predicted molar refractivity (Wildman–Crippen MR) is 149 cm³/mol. The van der Waals surface area contributed by atoms with E-state index in [0.29, 0.717) is 35.1 Å². The van der Waals surface area contributed by atoms with Crippen LogP contribution >= 0.6 is 0 Å². The van der Waals surface area contributed by atoms with Crippen LogP contribution in [0.2, 0.25) is 0 Å². The molecule has 1 unspecified atom stereocenters. The number of likely N-dealkylation sites (N-methyl/N-ethyl adjacent to an activating group) is 1. The van der Waals surface area contributed by atoms with Gasteiger partial charge in [0.15, 0.2) is 5.65 Å². The van der Waals surface area contributed by atoms with Crippen LogP contribution in [0.1, 0.15) is 63.9 Å². The second-order valence-electron chi connectivity index (χ2n) is 11.7. The van der Waals surface area contributed by atoms with E-state index in [1.807, 2.05) is 50.8 Å². The standard InChI is InChI=1S/C29H36FN7O/c1-17(2)36-27(38)23-16-32-28(34-26(23)37(36)21-10-11-31-25(15-21)29(3,4)5)33-19-12-18-8-9-20(35(6)7)14-22(18)24(30)13-19/h10-13,15-17,20H,8-9,14H2,1-7H3,(H,32,33,34). The molecule has 4 aromatic rings. The zero-order valence-electron chi connectivity index (χ0n) is 23.2. The molecule has 1 N–H and O–H groups in total. The average Bonchev–Trinajstić information content (AvgIpc) is 3.15. The molecule has 0 saturated carbocycles. The van der Waals surface area contributed by atoms with E-state index in [2.05, 4.69) is 41.0 Å². The van der Waals surface area contributed by atoms with Gasteiger partial charge in [0.1, 0.15) is 11.2 Å². The van der Waals surface area contributed by atoms with Gasteiger partial charge in [-0.3, -0.25) is 9.78 Å². The summed E-state index contributed by atoms with van der Waals surface area (Å²) >= 11 is 0. The zero-order valence-corrected chi connectivity index (χ0v) is 23.2. The molecule has 1 aromatic carbocycles. The number of aromatic nitrogens is 5. The van der Waals surface area contributed by atoms with Gasteiger partial charge in [0.05, 0.1) is 5.69 Å². The Morgan fingerprint density at radius 1 is 1.16 bits per heavy atom. The molecule has 200 valence electrons. The lowest BCUT2D eigenvalue weighted by molar-refractivity contribution is 0.265. The van der Waals surface area contributed by atoms with Crippen molar-refractivity contribution in [2.45, 2.75) is 71.4 Å². The fourth-order valence-corrected chi connectivity index (χ4v) is 5.18. The third-order valence-electron chi connectivity index (χ3n) is 7.33. The summed E-state index contributed by atoms with van der Waals surface area (Å²) < 4.78 is 18.7. The number of nitrogens with zero attached hydrogens (tertiary/aromatic N) is 6. The van der Waals surface area contributed by atoms with Gasteiger partial charge in [-0.2, -0.15) is 4.98 Å². The first-order valence-electron chi connectivity index (χ1n) is 13.2. The summed E-state index contributed by atoms with van der Waals surface area (Å²) in [4.78, 5) is 29.2. The lowest BCUT2D eigenvalue weighted by atomic mass is 9.87. The lowest BCUT2D eigenvalue weighted by Crippen LogP contribution is -2.34. The van der Waals surface area contributed by atoms with Crippen LogP contribution in [0.5, 0.6) is 0 Å². The van der Waals surface area contributed by atoms with Gasteiger partial charge in [0.25, 0.3) is 5.56 Å².